The largest absolute Gasteiger partial charge is 0.497 e. The molecule has 4 aromatic rings. The van der Waals surface area contributed by atoms with Gasteiger partial charge >= 0.3 is 0 Å². The van der Waals surface area contributed by atoms with Crippen LogP contribution in [-0.4, -0.2) is 39.1 Å². The topological polar surface area (TPSA) is 59.7 Å². The van der Waals surface area contributed by atoms with Crippen LogP contribution in [-0.2, 0) is 6.54 Å². The first-order valence-electron chi connectivity index (χ1n) is 9.51. The lowest BCUT2D eigenvalue weighted by Crippen LogP contribution is -2.30. The van der Waals surface area contributed by atoms with E-state index in [4.69, 9.17) is 4.74 Å². The zero-order valence-corrected chi connectivity index (χ0v) is 16.4. The van der Waals surface area contributed by atoms with E-state index in [9.17, 15) is 4.79 Å². The standard InChI is InChI=1S/C23H22N4O2/c1-3-26(16-17-9-11-19(29-2)12-10-17)23(28)20-15-25-27-21(13-14-24-22(20)27)18-7-5-4-6-8-18/h4-15H,3,16H2,1-2H3. The van der Waals surface area contributed by atoms with E-state index in [1.165, 1.54) is 0 Å². The van der Waals surface area contributed by atoms with Crippen molar-refractivity contribution in [1.82, 2.24) is 19.5 Å². The molecule has 1 amide bonds. The van der Waals surface area contributed by atoms with Gasteiger partial charge in [0.05, 0.1) is 19.0 Å². The molecule has 0 spiro atoms. The molecule has 0 aliphatic rings. The van der Waals surface area contributed by atoms with Gasteiger partial charge in [-0.2, -0.15) is 5.10 Å². The van der Waals surface area contributed by atoms with Crippen LogP contribution in [0.1, 0.15) is 22.8 Å². The van der Waals surface area contributed by atoms with E-state index in [1.807, 2.05) is 67.6 Å². The molecule has 6 nitrogen and oxygen atoms in total. The van der Waals surface area contributed by atoms with Crippen molar-refractivity contribution in [1.29, 1.82) is 0 Å². The van der Waals surface area contributed by atoms with Crippen LogP contribution in [0.4, 0.5) is 0 Å². The highest BCUT2D eigenvalue weighted by Crippen LogP contribution is 2.22. The number of hydrogen-bond donors (Lipinski definition) is 0. The summed E-state index contributed by atoms with van der Waals surface area (Å²) in [6.07, 6.45) is 3.32. The summed E-state index contributed by atoms with van der Waals surface area (Å²) in [6, 6.07) is 19.6. The molecular weight excluding hydrogens is 364 g/mol. The average Bonchev–Trinajstić information content (AvgIpc) is 3.22. The number of fused-ring (bicyclic) bond motifs is 1. The fourth-order valence-corrected chi connectivity index (χ4v) is 3.32. The van der Waals surface area contributed by atoms with Crippen LogP contribution < -0.4 is 4.74 Å². The number of methoxy groups -OCH3 is 1. The number of benzene rings is 2. The lowest BCUT2D eigenvalue weighted by Gasteiger charge is -2.20. The molecule has 0 unspecified atom stereocenters. The van der Waals surface area contributed by atoms with Crippen molar-refractivity contribution in [2.75, 3.05) is 13.7 Å². The molecule has 29 heavy (non-hydrogen) atoms. The van der Waals surface area contributed by atoms with Gasteiger partial charge in [0.2, 0.25) is 0 Å². The third-order valence-corrected chi connectivity index (χ3v) is 4.90. The Kier molecular flexibility index (Phi) is 5.24. The third kappa shape index (κ3) is 3.69. The van der Waals surface area contributed by atoms with Gasteiger partial charge in [-0.25, -0.2) is 9.50 Å². The van der Waals surface area contributed by atoms with Crippen molar-refractivity contribution in [3.05, 3.63) is 84.2 Å². The normalized spacial score (nSPS) is 10.8. The van der Waals surface area contributed by atoms with Crippen LogP contribution >= 0.6 is 0 Å². The highest BCUT2D eigenvalue weighted by molar-refractivity contribution is 5.99. The Morgan fingerprint density at radius 3 is 2.52 bits per heavy atom. The summed E-state index contributed by atoms with van der Waals surface area (Å²) >= 11 is 0. The second kappa shape index (κ2) is 8.14. The minimum absolute atomic E-state index is 0.0870. The molecule has 2 aromatic carbocycles. The number of amides is 1. The molecule has 0 aliphatic carbocycles. The molecule has 0 bridgehead atoms. The van der Waals surface area contributed by atoms with Crippen molar-refractivity contribution in [3.63, 3.8) is 0 Å². The summed E-state index contributed by atoms with van der Waals surface area (Å²) < 4.78 is 6.93. The predicted molar refractivity (Wildman–Crippen MR) is 112 cm³/mol. The van der Waals surface area contributed by atoms with E-state index >= 15 is 0 Å². The fraction of sp³-hybridized carbons (Fsp3) is 0.174. The monoisotopic (exact) mass is 386 g/mol. The Balaban J connectivity index is 1.65. The van der Waals surface area contributed by atoms with Crippen LogP contribution in [0.15, 0.2) is 73.1 Å². The number of ether oxygens (including phenoxy) is 1. The van der Waals surface area contributed by atoms with Gasteiger partial charge in [0.15, 0.2) is 5.65 Å². The van der Waals surface area contributed by atoms with Gasteiger partial charge in [0.25, 0.3) is 5.91 Å². The van der Waals surface area contributed by atoms with Gasteiger partial charge in [-0.3, -0.25) is 4.79 Å². The third-order valence-electron chi connectivity index (χ3n) is 4.90. The quantitative estimate of drug-likeness (QED) is 0.501. The van der Waals surface area contributed by atoms with E-state index < -0.39 is 0 Å². The molecule has 0 saturated heterocycles. The minimum atomic E-state index is -0.0870. The van der Waals surface area contributed by atoms with Crippen LogP contribution in [0.25, 0.3) is 16.9 Å². The highest BCUT2D eigenvalue weighted by Gasteiger charge is 2.21. The minimum Gasteiger partial charge on any atom is -0.497 e. The zero-order valence-electron chi connectivity index (χ0n) is 16.4. The number of nitrogens with zero attached hydrogens (tertiary/aromatic N) is 4. The van der Waals surface area contributed by atoms with Crippen LogP contribution in [0, 0.1) is 0 Å². The number of carbonyl (C=O) groups is 1. The molecule has 6 heteroatoms. The Hall–Kier alpha value is -3.67. The van der Waals surface area contributed by atoms with Crippen molar-refractivity contribution in [2.24, 2.45) is 0 Å². The second-order valence-corrected chi connectivity index (χ2v) is 6.66. The van der Waals surface area contributed by atoms with Crippen molar-refractivity contribution < 1.29 is 9.53 Å². The molecule has 0 radical (unpaired) electrons. The van der Waals surface area contributed by atoms with Gasteiger partial charge < -0.3 is 9.64 Å². The van der Waals surface area contributed by atoms with E-state index in [0.29, 0.717) is 24.3 Å². The van der Waals surface area contributed by atoms with Gasteiger partial charge in [-0.15, -0.1) is 0 Å². The number of carbonyl (C=O) groups excluding carboxylic acids is 1. The van der Waals surface area contributed by atoms with E-state index in [1.54, 1.807) is 28.9 Å². The van der Waals surface area contributed by atoms with Crippen molar-refractivity contribution in [3.8, 4) is 17.0 Å². The van der Waals surface area contributed by atoms with Gasteiger partial charge in [-0.1, -0.05) is 42.5 Å². The second-order valence-electron chi connectivity index (χ2n) is 6.66. The molecule has 4 rings (SSSR count). The predicted octanol–water partition coefficient (Wildman–Crippen LogP) is 4.07. The maximum Gasteiger partial charge on any atom is 0.259 e. The van der Waals surface area contributed by atoms with E-state index in [2.05, 4.69) is 10.1 Å². The first-order chi connectivity index (χ1) is 14.2. The summed E-state index contributed by atoms with van der Waals surface area (Å²) in [5.74, 6) is 0.708. The number of hydrogen-bond acceptors (Lipinski definition) is 4. The number of rotatable bonds is 6. The Morgan fingerprint density at radius 2 is 1.83 bits per heavy atom. The summed E-state index contributed by atoms with van der Waals surface area (Å²) in [7, 11) is 1.64. The molecule has 146 valence electrons. The molecule has 2 aromatic heterocycles. The summed E-state index contributed by atoms with van der Waals surface area (Å²) in [4.78, 5) is 19.5. The van der Waals surface area contributed by atoms with Gasteiger partial charge in [0, 0.05) is 24.8 Å². The first kappa shape index (κ1) is 18.7. The molecule has 0 N–H and O–H groups in total. The molecule has 2 heterocycles. The first-order valence-corrected chi connectivity index (χ1v) is 9.51. The highest BCUT2D eigenvalue weighted by atomic mass is 16.5. The molecule has 0 atom stereocenters. The van der Waals surface area contributed by atoms with Gasteiger partial charge in [0.1, 0.15) is 11.3 Å². The van der Waals surface area contributed by atoms with Crippen LogP contribution in [0.3, 0.4) is 0 Å². The van der Waals surface area contributed by atoms with E-state index in [-0.39, 0.29) is 5.91 Å². The molecular formula is C23H22N4O2. The lowest BCUT2D eigenvalue weighted by atomic mass is 10.1. The smallest absolute Gasteiger partial charge is 0.259 e. The van der Waals surface area contributed by atoms with Crippen LogP contribution in [0.2, 0.25) is 0 Å². The lowest BCUT2D eigenvalue weighted by molar-refractivity contribution is 0.0754. The SMILES string of the molecule is CCN(Cc1ccc(OC)cc1)C(=O)c1cnn2c(-c3ccccc3)ccnc12. The Bertz CT molecular complexity index is 1120. The average molecular weight is 386 g/mol. The fourth-order valence-electron chi connectivity index (χ4n) is 3.32. The molecule has 0 aliphatic heterocycles. The van der Waals surface area contributed by atoms with Gasteiger partial charge in [-0.05, 0) is 30.7 Å². The summed E-state index contributed by atoms with van der Waals surface area (Å²) in [5.41, 5.74) is 4.01. The Labute approximate surface area is 169 Å². The molecule has 0 fully saturated rings. The Morgan fingerprint density at radius 1 is 1.07 bits per heavy atom. The summed E-state index contributed by atoms with van der Waals surface area (Å²) in [6.45, 7) is 3.06. The molecule has 0 saturated carbocycles. The van der Waals surface area contributed by atoms with E-state index in [0.717, 1.165) is 22.6 Å². The van der Waals surface area contributed by atoms with Crippen molar-refractivity contribution >= 4 is 11.6 Å². The summed E-state index contributed by atoms with van der Waals surface area (Å²) in [5, 5.41) is 4.45. The van der Waals surface area contributed by atoms with Crippen molar-refractivity contribution in [2.45, 2.75) is 13.5 Å². The maximum atomic E-state index is 13.2. The zero-order chi connectivity index (χ0) is 20.2. The maximum absolute atomic E-state index is 13.2. The van der Waals surface area contributed by atoms with Crippen LogP contribution in [0.5, 0.6) is 5.75 Å². The number of aromatic nitrogens is 3.